The summed E-state index contributed by atoms with van der Waals surface area (Å²) in [5.41, 5.74) is 0.00118. The van der Waals surface area contributed by atoms with E-state index in [9.17, 15) is 18.0 Å². The normalized spacial score (nSPS) is 19.1. The van der Waals surface area contributed by atoms with Gasteiger partial charge in [0.15, 0.2) is 0 Å². The Morgan fingerprint density at radius 2 is 2.11 bits per heavy atom. The highest BCUT2D eigenvalue weighted by Crippen LogP contribution is 2.34. The number of rotatable bonds is 0. The smallest absolute Gasteiger partial charge is 0.298 e. The molecule has 0 aliphatic carbocycles. The molecule has 1 unspecified atom stereocenters. The molecule has 0 saturated carbocycles. The Labute approximate surface area is 99.4 Å². The number of anilines is 1. The summed E-state index contributed by atoms with van der Waals surface area (Å²) < 4.78 is 39.3. The zero-order chi connectivity index (χ0) is 13.1. The summed E-state index contributed by atoms with van der Waals surface area (Å²) in [7, 11) is 0. The van der Waals surface area contributed by atoms with Crippen LogP contribution in [0.4, 0.5) is 19.1 Å². The fourth-order valence-electron chi connectivity index (χ4n) is 2.09. The highest BCUT2D eigenvalue weighted by molar-refractivity contribution is 5.99. The Hall–Kier alpha value is -2.05. The second-order valence-corrected chi connectivity index (χ2v) is 4.17. The molecule has 1 aliphatic rings. The van der Waals surface area contributed by atoms with Gasteiger partial charge in [0.1, 0.15) is 6.04 Å². The third-order valence-corrected chi connectivity index (χ3v) is 3.02. The van der Waals surface area contributed by atoms with Gasteiger partial charge in [-0.3, -0.25) is 14.7 Å². The summed E-state index contributed by atoms with van der Waals surface area (Å²) in [6.07, 6.45) is -4.39. The first-order valence-corrected chi connectivity index (χ1v) is 5.28. The maximum Gasteiger partial charge on any atom is 0.416 e. The van der Waals surface area contributed by atoms with E-state index in [0.29, 0.717) is 11.5 Å². The minimum absolute atomic E-state index is 0.209. The lowest BCUT2D eigenvalue weighted by atomic mass is 10.2. The second-order valence-electron chi connectivity index (χ2n) is 4.17. The van der Waals surface area contributed by atoms with Crippen LogP contribution in [0.5, 0.6) is 0 Å². The number of carbonyl (C=O) groups is 1. The predicted octanol–water partition coefficient (Wildman–Crippen LogP) is 2.57. The molecule has 7 heteroatoms. The SMILES string of the molecule is CC1C(=O)Nc2nc3cc(C(F)(F)F)ccc3n21. The van der Waals surface area contributed by atoms with Gasteiger partial charge in [-0.25, -0.2) is 4.98 Å². The molecule has 1 aromatic heterocycles. The highest BCUT2D eigenvalue weighted by atomic mass is 19.4. The molecule has 94 valence electrons. The lowest BCUT2D eigenvalue weighted by Crippen LogP contribution is -2.12. The van der Waals surface area contributed by atoms with E-state index in [1.54, 1.807) is 11.5 Å². The van der Waals surface area contributed by atoms with E-state index in [2.05, 4.69) is 10.3 Å². The van der Waals surface area contributed by atoms with Crippen LogP contribution in [0.25, 0.3) is 11.0 Å². The van der Waals surface area contributed by atoms with Crippen LogP contribution >= 0.6 is 0 Å². The van der Waals surface area contributed by atoms with Crippen molar-refractivity contribution in [3.8, 4) is 0 Å². The van der Waals surface area contributed by atoms with E-state index in [1.807, 2.05) is 0 Å². The average Bonchev–Trinajstić information content (AvgIpc) is 2.75. The predicted molar refractivity (Wildman–Crippen MR) is 58.1 cm³/mol. The molecule has 1 aliphatic heterocycles. The summed E-state index contributed by atoms with van der Waals surface area (Å²) >= 11 is 0. The highest BCUT2D eigenvalue weighted by Gasteiger charge is 2.33. The topological polar surface area (TPSA) is 46.9 Å². The van der Waals surface area contributed by atoms with Gasteiger partial charge in [-0.2, -0.15) is 13.2 Å². The van der Waals surface area contributed by atoms with Crippen molar-refractivity contribution in [2.75, 3.05) is 5.32 Å². The van der Waals surface area contributed by atoms with Gasteiger partial charge in [-0.1, -0.05) is 0 Å². The van der Waals surface area contributed by atoms with E-state index in [1.165, 1.54) is 6.07 Å². The number of alkyl halides is 3. The standard InChI is InChI=1S/C11H8F3N3O/c1-5-9(18)16-10-15-7-4-6(11(12,13)14)2-3-8(7)17(5)10/h2-5H,1H3,(H,15,16,18). The van der Waals surface area contributed by atoms with Crippen LogP contribution in [0.2, 0.25) is 0 Å². The molecule has 1 atom stereocenters. The third kappa shape index (κ3) is 1.40. The third-order valence-electron chi connectivity index (χ3n) is 3.02. The number of nitrogens with one attached hydrogen (secondary N) is 1. The molecule has 0 spiro atoms. The number of amides is 1. The second kappa shape index (κ2) is 3.24. The van der Waals surface area contributed by atoms with Gasteiger partial charge in [0.2, 0.25) is 11.9 Å². The minimum atomic E-state index is -4.39. The first-order chi connectivity index (χ1) is 8.38. The van der Waals surface area contributed by atoms with Crippen LogP contribution in [0.15, 0.2) is 18.2 Å². The van der Waals surface area contributed by atoms with Crippen LogP contribution in [0.3, 0.4) is 0 Å². The van der Waals surface area contributed by atoms with E-state index < -0.39 is 17.8 Å². The fourth-order valence-corrected chi connectivity index (χ4v) is 2.09. The molecule has 1 N–H and O–H groups in total. The van der Waals surface area contributed by atoms with Gasteiger partial charge >= 0.3 is 6.18 Å². The van der Waals surface area contributed by atoms with Crippen molar-refractivity contribution < 1.29 is 18.0 Å². The zero-order valence-electron chi connectivity index (χ0n) is 9.25. The molecule has 3 rings (SSSR count). The van der Waals surface area contributed by atoms with Crippen molar-refractivity contribution in [2.24, 2.45) is 0 Å². The number of hydrogen-bond donors (Lipinski definition) is 1. The number of imidazole rings is 1. The van der Waals surface area contributed by atoms with Gasteiger partial charge in [0.25, 0.3) is 0 Å². The van der Waals surface area contributed by atoms with E-state index >= 15 is 0 Å². The average molecular weight is 255 g/mol. The molecule has 2 aromatic rings. The lowest BCUT2D eigenvalue weighted by molar-refractivity contribution is -0.137. The van der Waals surface area contributed by atoms with Crippen LogP contribution in [-0.2, 0) is 11.0 Å². The Bertz CT molecular complexity index is 659. The number of carbonyl (C=O) groups excluding carboxylic acids is 1. The van der Waals surface area contributed by atoms with E-state index in [0.717, 1.165) is 12.1 Å². The number of aromatic nitrogens is 2. The van der Waals surface area contributed by atoms with Crippen molar-refractivity contribution in [3.05, 3.63) is 23.8 Å². The minimum Gasteiger partial charge on any atom is -0.298 e. The fraction of sp³-hybridized carbons (Fsp3) is 0.273. The van der Waals surface area contributed by atoms with Crippen LogP contribution in [-0.4, -0.2) is 15.5 Å². The van der Waals surface area contributed by atoms with Gasteiger partial charge in [0, 0.05) is 0 Å². The summed E-state index contributed by atoms with van der Waals surface area (Å²) in [6, 6.07) is 2.86. The molecular weight excluding hydrogens is 247 g/mol. The Kier molecular flexibility index (Phi) is 1.99. The summed E-state index contributed by atoms with van der Waals surface area (Å²) in [5.74, 6) is 0.0844. The quantitative estimate of drug-likeness (QED) is 0.786. The van der Waals surface area contributed by atoms with Crippen molar-refractivity contribution in [1.82, 2.24) is 9.55 Å². The van der Waals surface area contributed by atoms with Crippen molar-refractivity contribution >= 4 is 22.9 Å². The molecule has 0 saturated heterocycles. The number of halogens is 3. The number of hydrogen-bond acceptors (Lipinski definition) is 2. The van der Waals surface area contributed by atoms with Crippen molar-refractivity contribution in [2.45, 2.75) is 19.1 Å². The Morgan fingerprint density at radius 1 is 1.39 bits per heavy atom. The maximum absolute atomic E-state index is 12.6. The van der Waals surface area contributed by atoms with Gasteiger partial charge < -0.3 is 0 Å². The monoisotopic (exact) mass is 255 g/mol. The summed E-state index contributed by atoms with van der Waals surface area (Å²) in [4.78, 5) is 15.4. The zero-order valence-corrected chi connectivity index (χ0v) is 9.25. The first-order valence-electron chi connectivity index (χ1n) is 5.28. The van der Waals surface area contributed by atoms with E-state index in [-0.39, 0.29) is 11.4 Å². The number of fused-ring (bicyclic) bond motifs is 3. The van der Waals surface area contributed by atoms with Gasteiger partial charge in [-0.15, -0.1) is 0 Å². The molecular formula is C11H8F3N3O. The van der Waals surface area contributed by atoms with Crippen molar-refractivity contribution in [1.29, 1.82) is 0 Å². The van der Waals surface area contributed by atoms with Gasteiger partial charge in [0.05, 0.1) is 16.6 Å². The van der Waals surface area contributed by atoms with E-state index in [4.69, 9.17) is 0 Å². The molecule has 1 amide bonds. The van der Waals surface area contributed by atoms with Crippen LogP contribution < -0.4 is 5.32 Å². The lowest BCUT2D eigenvalue weighted by Gasteiger charge is -2.07. The van der Waals surface area contributed by atoms with Gasteiger partial charge in [-0.05, 0) is 25.1 Å². The molecule has 18 heavy (non-hydrogen) atoms. The first kappa shape index (κ1) is 11.1. The number of nitrogens with zero attached hydrogens (tertiary/aromatic N) is 2. The molecule has 0 fully saturated rings. The Morgan fingerprint density at radius 3 is 2.78 bits per heavy atom. The molecule has 1 aromatic carbocycles. The van der Waals surface area contributed by atoms with Crippen LogP contribution in [0, 0.1) is 0 Å². The number of benzene rings is 1. The molecule has 0 radical (unpaired) electrons. The summed E-state index contributed by atoms with van der Waals surface area (Å²) in [5, 5.41) is 2.53. The molecule has 0 bridgehead atoms. The maximum atomic E-state index is 12.6. The molecule has 2 heterocycles. The van der Waals surface area contributed by atoms with Crippen molar-refractivity contribution in [3.63, 3.8) is 0 Å². The molecule has 4 nitrogen and oxygen atoms in total. The summed E-state index contributed by atoms with van der Waals surface area (Å²) in [6.45, 7) is 1.67. The largest absolute Gasteiger partial charge is 0.416 e. The van der Waals surface area contributed by atoms with Crippen LogP contribution in [0.1, 0.15) is 18.5 Å². The Balaban J connectivity index is 2.21.